The predicted molar refractivity (Wildman–Crippen MR) is 371 cm³/mol. The van der Waals surface area contributed by atoms with Crippen molar-refractivity contribution in [3.63, 3.8) is 0 Å². The second-order valence-corrected chi connectivity index (χ2v) is 27.2. The summed E-state index contributed by atoms with van der Waals surface area (Å²) in [6.07, 6.45) is 9.49. The number of hydrogen-bond acceptors (Lipinski definition) is 0. The van der Waals surface area contributed by atoms with Crippen LogP contribution >= 0.6 is 0 Å². The minimum atomic E-state index is -0.119. The topological polar surface area (TPSA) is 9.86 Å². The summed E-state index contributed by atoms with van der Waals surface area (Å²) in [6, 6.07) is 108. The van der Waals surface area contributed by atoms with Crippen LogP contribution in [0.1, 0.15) is 96.6 Å². The lowest BCUT2D eigenvalue weighted by molar-refractivity contribution is -0.0407. The molecule has 2 heteroatoms. The predicted octanol–water partition coefficient (Wildman–Crippen LogP) is 22.6. The maximum Gasteiger partial charge on any atom is 0.0541 e. The zero-order chi connectivity index (χ0) is 58.6. The first-order valence-corrected chi connectivity index (χ1v) is 32.8. The minimum Gasteiger partial charge on any atom is -0.309 e. The highest BCUT2D eigenvalue weighted by atomic mass is 15.0. The first kappa shape index (κ1) is 51.3. The zero-order valence-electron chi connectivity index (χ0n) is 50.3. The third-order valence-electron chi connectivity index (χ3n) is 23.0. The van der Waals surface area contributed by atoms with E-state index in [0.29, 0.717) is 17.8 Å². The molecule has 0 radical (unpaired) electrons. The molecule has 19 rings (SSSR count). The van der Waals surface area contributed by atoms with Crippen molar-refractivity contribution in [2.75, 3.05) is 0 Å². The van der Waals surface area contributed by atoms with Crippen LogP contribution in [0.2, 0.25) is 0 Å². The van der Waals surface area contributed by atoms with E-state index in [1.165, 1.54) is 155 Å². The van der Waals surface area contributed by atoms with Crippen molar-refractivity contribution in [1.29, 1.82) is 0 Å². The number of hydrogen-bond donors (Lipinski definition) is 0. The number of para-hydroxylation sites is 3. The molecule has 4 bridgehead atoms. The largest absolute Gasteiger partial charge is 0.309 e. The van der Waals surface area contributed by atoms with Gasteiger partial charge in [0.25, 0.3) is 0 Å². The van der Waals surface area contributed by atoms with E-state index in [1.807, 2.05) is 0 Å². The Morgan fingerprint density at radius 2 is 0.730 bits per heavy atom. The quantitative estimate of drug-likeness (QED) is 0.157. The zero-order valence-corrected chi connectivity index (χ0v) is 50.3. The van der Waals surface area contributed by atoms with Gasteiger partial charge in [-0.1, -0.05) is 231 Å². The summed E-state index contributed by atoms with van der Waals surface area (Å²) in [6.45, 7) is 2.33. The first-order valence-electron chi connectivity index (χ1n) is 32.8. The minimum absolute atomic E-state index is 0.0993. The second kappa shape index (κ2) is 19.4. The van der Waals surface area contributed by atoms with Crippen molar-refractivity contribution >= 4 is 43.6 Å². The lowest BCUT2D eigenvalue weighted by atomic mass is 9.36. The van der Waals surface area contributed by atoms with Crippen molar-refractivity contribution < 1.29 is 0 Å². The molecule has 2 nitrogen and oxygen atoms in total. The van der Waals surface area contributed by atoms with Gasteiger partial charge in [-0.25, -0.2) is 0 Å². The van der Waals surface area contributed by atoms with Crippen LogP contribution in [-0.2, 0) is 16.2 Å². The molecule has 2 heterocycles. The fourth-order valence-corrected chi connectivity index (χ4v) is 20.1. The van der Waals surface area contributed by atoms with Gasteiger partial charge < -0.3 is 9.13 Å². The summed E-state index contributed by atoms with van der Waals surface area (Å²) in [4.78, 5) is 0. The molecule has 89 heavy (non-hydrogen) atoms. The Balaban J connectivity index is 0.785. The first-order chi connectivity index (χ1) is 44.0. The van der Waals surface area contributed by atoms with E-state index >= 15 is 0 Å². The lowest BCUT2D eigenvalue weighted by Gasteiger charge is -2.67. The Morgan fingerprint density at radius 1 is 0.303 bits per heavy atom. The van der Waals surface area contributed by atoms with Crippen LogP contribution in [0.3, 0.4) is 0 Å². The molecule has 5 aliphatic carbocycles. The standard InChI is InChI=1S/C87H68N2/c1-56-22-5-6-25-64(56)69-29-11-15-35-76(69)85-48-19-20-49-86-53-61(55-87(84(85)86)54-60(52-85)65-26-7-9-28-68(65)70-30-12-16-36-77(70)87)66-27-8-10-33-73(66)83-67(34-21-37-78(83)86)57-40-44-63(45-41-57)89-80-39-18-14-32-72(80)75-51-59(43-47-82(75)89)58-42-46-81-74(50-58)71-31-13-17-38-79(71)88(81)62-23-3-2-4-24-62/h2-18,21-47,50-51,60-61,84H,19-20,48-49,52-55H2,1H3. The highest BCUT2D eigenvalue weighted by molar-refractivity contribution is 6.13. The van der Waals surface area contributed by atoms with E-state index in [9.17, 15) is 0 Å². The van der Waals surface area contributed by atoms with Crippen LogP contribution in [0, 0.1) is 12.8 Å². The van der Waals surface area contributed by atoms with Gasteiger partial charge in [-0.15, -0.1) is 0 Å². The molecular weight excluding hydrogens is 1070 g/mol. The number of aromatic nitrogens is 2. The van der Waals surface area contributed by atoms with Crippen molar-refractivity contribution in [2.45, 2.75) is 86.4 Å². The van der Waals surface area contributed by atoms with Gasteiger partial charge in [-0.3, -0.25) is 0 Å². The highest BCUT2D eigenvalue weighted by Gasteiger charge is 2.70. The number of aryl methyl sites for hydroxylation is 1. The van der Waals surface area contributed by atoms with Gasteiger partial charge in [-0.05, 0) is 213 Å². The molecule has 14 aromatic rings. The molecule has 5 aliphatic rings. The van der Waals surface area contributed by atoms with Gasteiger partial charge in [-0.2, -0.15) is 0 Å². The molecular formula is C87H68N2. The number of nitrogens with zero attached hydrogens (tertiary/aromatic N) is 2. The molecule has 2 aromatic heterocycles. The van der Waals surface area contributed by atoms with Crippen LogP contribution in [0.4, 0.5) is 0 Å². The van der Waals surface area contributed by atoms with Gasteiger partial charge in [0.15, 0.2) is 0 Å². The number of benzene rings is 12. The van der Waals surface area contributed by atoms with E-state index in [2.05, 4.69) is 295 Å². The summed E-state index contributed by atoms with van der Waals surface area (Å²) >= 11 is 0. The second-order valence-electron chi connectivity index (χ2n) is 27.2. The smallest absolute Gasteiger partial charge is 0.0541 e. The van der Waals surface area contributed by atoms with Crippen molar-refractivity contribution in [1.82, 2.24) is 9.13 Å². The van der Waals surface area contributed by atoms with Crippen molar-refractivity contribution in [2.24, 2.45) is 5.92 Å². The summed E-state index contributed by atoms with van der Waals surface area (Å²) in [5.41, 5.74) is 29.9. The van der Waals surface area contributed by atoms with Gasteiger partial charge >= 0.3 is 0 Å². The van der Waals surface area contributed by atoms with Crippen LogP contribution in [-0.4, -0.2) is 9.13 Å². The lowest BCUT2D eigenvalue weighted by Crippen LogP contribution is -2.64. The van der Waals surface area contributed by atoms with Crippen LogP contribution < -0.4 is 0 Å². The Bertz CT molecular complexity index is 5210. The van der Waals surface area contributed by atoms with Crippen LogP contribution in [0.5, 0.6) is 0 Å². The maximum absolute atomic E-state index is 2.64. The SMILES string of the molecule is Cc1ccccc1-c1ccccc1C12CCCCC34CC(CC5(CC(C1)c1ccccc1-c1ccccc15)C23)c1ccccc1-c1c(-c2ccc(-n3c5ccccc5c5cc(-c6ccc7c(c6)c6ccccc6n7-c6ccccc6)ccc53)cc2)cccc14. The van der Waals surface area contributed by atoms with E-state index in [1.54, 1.807) is 27.8 Å². The Kier molecular flexibility index (Phi) is 11.2. The number of fused-ring (bicyclic) bond motifs is 16. The molecule has 0 N–H and O–H groups in total. The number of rotatable bonds is 6. The average molecular weight is 1140 g/mol. The van der Waals surface area contributed by atoms with Gasteiger partial charge in [0, 0.05) is 49.2 Å². The normalized spacial score (nSPS) is 22.1. The Labute approximate surface area is 521 Å². The van der Waals surface area contributed by atoms with E-state index in [0.717, 1.165) is 12.8 Å². The van der Waals surface area contributed by atoms with E-state index in [4.69, 9.17) is 0 Å². The maximum atomic E-state index is 2.64. The summed E-state index contributed by atoms with van der Waals surface area (Å²) < 4.78 is 4.90. The van der Waals surface area contributed by atoms with Crippen molar-refractivity contribution in [3.8, 4) is 67.0 Å². The van der Waals surface area contributed by atoms with Gasteiger partial charge in [0.05, 0.1) is 22.1 Å². The van der Waals surface area contributed by atoms with Gasteiger partial charge in [0.1, 0.15) is 0 Å². The Hall–Kier alpha value is -9.76. The summed E-state index contributed by atoms with van der Waals surface area (Å²) in [5.74, 6) is 1.16. The van der Waals surface area contributed by atoms with Crippen LogP contribution in [0.25, 0.3) is 111 Å². The summed E-state index contributed by atoms with van der Waals surface area (Å²) in [5, 5.41) is 5.05. The van der Waals surface area contributed by atoms with E-state index < -0.39 is 0 Å². The third kappa shape index (κ3) is 7.26. The molecule has 3 saturated carbocycles. The average Bonchev–Trinajstić information content (AvgIpc) is 1.62. The molecule has 6 unspecified atom stereocenters. The molecule has 0 aliphatic heterocycles. The molecule has 6 atom stereocenters. The molecule has 2 spiro atoms. The van der Waals surface area contributed by atoms with Gasteiger partial charge in [0.2, 0.25) is 0 Å². The third-order valence-corrected chi connectivity index (χ3v) is 23.0. The molecule has 426 valence electrons. The van der Waals surface area contributed by atoms with Crippen molar-refractivity contribution in [3.05, 3.63) is 312 Å². The molecule has 12 aromatic carbocycles. The molecule has 0 saturated heterocycles. The molecule has 0 amide bonds. The highest BCUT2D eigenvalue weighted by Crippen LogP contribution is 2.76. The Morgan fingerprint density at radius 3 is 1.36 bits per heavy atom. The monoisotopic (exact) mass is 1140 g/mol. The summed E-state index contributed by atoms with van der Waals surface area (Å²) in [7, 11) is 0. The fraction of sp³-hybridized carbons (Fsp3) is 0.172. The van der Waals surface area contributed by atoms with E-state index in [-0.39, 0.29) is 16.2 Å². The molecule has 3 fully saturated rings. The van der Waals surface area contributed by atoms with Crippen LogP contribution in [0.15, 0.2) is 279 Å². The fourth-order valence-electron chi connectivity index (χ4n) is 20.1.